The van der Waals surface area contributed by atoms with Crippen LogP contribution in [0.1, 0.15) is 32.8 Å². The number of amides is 1. The molecular formula is C22H35Cl2N3O2. The van der Waals surface area contributed by atoms with Crippen LogP contribution in [0.15, 0.2) is 36.4 Å². The Hall–Kier alpha value is -1.53. The maximum Gasteiger partial charge on any atom is 0.258 e. The summed E-state index contributed by atoms with van der Waals surface area (Å²) in [6.45, 7) is 8.61. The molecule has 0 aliphatic carbocycles. The normalized spacial score (nSPS) is 11.0. The first-order chi connectivity index (χ1) is 12.8. The zero-order valence-corrected chi connectivity index (χ0v) is 19.7. The molecule has 0 saturated carbocycles. The van der Waals surface area contributed by atoms with Gasteiger partial charge in [0.2, 0.25) is 0 Å². The number of rotatable bonds is 9. The number of fused-ring (bicyclic) bond motifs is 1. The lowest BCUT2D eigenvalue weighted by Gasteiger charge is -2.21. The van der Waals surface area contributed by atoms with Gasteiger partial charge in [0.1, 0.15) is 5.75 Å². The van der Waals surface area contributed by atoms with Crippen LogP contribution in [-0.2, 0) is 11.3 Å². The van der Waals surface area contributed by atoms with Crippen LogP contribution in [0, 0.1) is 0 Å². The number of ether oxygens (including phenoxy) is 1. The molecule has 164 valence electrons. The second-order valence-corrected chi connectivity index (χ2v) is 8.18. The Kier molecular flexibility index (Phi) is 12.2. The Balaban J connectivity index is 0.00000392. The van der Waals surface area contributed by atoms with Crippen LogP contribution in [0.5, 0.6) is 5.75 Å². The van der Waals surface area contributed by atoms with E-state index in [1.165, 1.54) is 5.39 Å². The number of carbonyl (C=O) groups is 1. The Labute approximate surface area is 187 Å². The summed E-state index contributed by atoms with van der Waals surface area (Å²) in [6, 6.07) is 12.3. The van der Waals surface area contributed by atoms with Gasteiger partial charge in [-0.1, -0.05) is 30.3 Å². The lowest BCUT2D eigenvalue weighted by molar-refractivity contribution is -0.124. The fourth-order valence-corrected chi connectivity index (χ4v) is 2.96. The first kappa shape index (κ1) is 27.5. The number of halogens is 2. The van der Waals surface area contributed by atoms with E-state index >= 15 is 0 Å². The predicted octanol–water partition coefficient (Wildman–Crippen LogP) is 4.02. The van der Waals surface area contributed by atoms with Crippen LogP contribution in [0.3, 0.4) is 0 Å². The van der Waals surface area contributed by atoms with Crippen LogP contribution < -0.4 is 15.4 Å². The van der Waals surface area contributed by atoms with E-state index in [9.17, 15) is 4.79 Å². The highest BCUT2D eigenvalue weighted by atomic mass is 35.5. The summed E-state index contributed by atoms with van der Waals surface area (Å²) in [5, 5.41) is 8.77. The number of carbonyl (C=O) groups excluding carboxylic acids is 1. The van der Waals surface area contributed by atoms with E-state index in [-0.39, 0.29) is 42.9 Å². The van der Waals surface area contributed by atoms with Gasteiger partial charge in [-0.15, -0.1) is 24.8 Å². The summed E-state index contributed by atoms with van der Waals surface area (Å²) in [5.74, 6) is 0.651. The number of benzene rings is 2. The lowest BCUT2D eigenvalue weighted by Crippen LogP contribution is -2.43. The molecule has 0 unspecified atom stereocenters. The minimum atomic E-state index is -0.263. The van der Waals surface area contributed by atoms with Crippen LogP contribution in [0.2, 0.25) is 0 Å². The predicted molar refractivity (Wildman–Crippen MR) is 127 cm³/mol. The quantitative estimate of drug-likeness (QED) is 0.574. The SMILES string of the molecule is CN(C)CCCNCc1c(OCC(=O)NC(C)(C)C)ccc2ccccc12.Cl.Cl. The number of nitrogens with one attached hydrogen (secondary N) is 2. The summed E-state index contributed by atoms with van der Waals surface area (Å²) in [5.41, 5.74) is 0.835. The molecular weight excluding hydrogens is 409 g/mol. The highest BCUT2D eigenvalue weighted by molar-refractivity contribution is 5.88. The topological polar surface area (TPSA) is 53.6 Å². The van der Waals surface area contributed by atoms with Crippen molar-refractivity contribution in [2.45, 2.75) is 39.3 Å². The average Bonchev–Trinajstić information content (AvgIpc) is 2.58. The molecule has 1 amide bonds. The number of hydrogen-bond donors (Lipinski definition) is 2. The Morgan fingerprint density at radius 1 is 1.07 bits per heavy atom. The third-order valence-electron chi connectivity index (χ3n) is 4.13. The molecule has 5 nitrogen and oxygen atoms in total. The summed E-state index contributed by atoms with van der Waals surface area (Å²) in [7, 11) is 4.17. The van der Waals surface area contributed by atoms with Gasteiger partial charge in [-0.2, -0.15) is 0 Å². The fraction of sp³-hybridized carbons (Fsp3) is 0.500. The molecule has 29 heavy (non-hydrogen) atoms. The third-order valence-corrected chi connectivity index (χ3v) is 4.13. The smallest absolute Gasteiger partial charge is 0.258 e. The second-order valence-electron chi connectivity index (χ2n) is 8.18. The van der Waals surface area contributed by atoms with Crippen molar-refractivity contribution in [3.63, 3.8) is 0 Å². The van der Waals surface area contributed by atoms with Gasteiger partial charge >= 0.3 is 0 Å². The van der Waals surface area contributed by atoms with Crippen molar-refractivity contribution >= 4 is 41.5 Å². The molecule has 0 atom stereocenters. The lowest BCUT2D eigenvalue weighted by atomic mass is 10.0. The monoisotopic (exact) mass is 443 g/mol. The van der Waals surface area contributed by atoms with Gasteiger partial charge in [0, 0.05) is 17.6 Å². The number of hydrogen-bond acceptors (Lipinski definition) is 4. The zero-order chi connectivity index (χ0) is 19.9. The molecule has 0 radical (unpaired) electrons. The number of nitrogens with zero attached hydrogens (tertiary/aromatic N) is 1. The summed E-state index contributed by atoms with van der Waals surface area (Å²) in [6.07, 6.45) is 1.09. The molecule has 7 heteroatoms. The third kappa shape index (κ3) is 9.68. The molecule has 2 N–H and O–H groups in total. The summed E-state index contributed by atoms with van der Waals surface area (Å²) >= 11 is 0. The van der Waals surface area contributed by atoms with Gasteiger partial charge in [0.15, 0.2) is 6.61 Å². The summed E-state index contributed by atoms with van der Waals surface area (Å²) in [4.78, 5) is 14.3. The maximum atomic E-state index is 12.1. The van der Waals surface area contributed by atoms with Crippen LogP contribution >= 0.6 is 24.8 Å². The first-order valence-corrected chi connectivity index (χ1v) is 9.56. The van der Waals surface area contributed by atoms with E-state index in [2.05, 4.69) is 41.8 Å². The molecule has 2 rings (SSSR count). The molecule has 0 aromatic heterocycles. The van der Waals surface area contributed by atoms with Gasteiger partial charge in [-0.25, -0.2) is 0 Å². The molecule has 2 aromatic carbocycles. The average molecular weight is 444 g/mol. The minimum absolute atomic E-state index is 0. The molecule has 0 saturated heterocycles. The van der Waals surface area contributed by atoms with Crippen molar-refractivity contribution in [2.24, 2.45) is 0 Å². The highest BCUT2D eigenvalue weighted by Crippen LogP contribution is 2.28. The van der Waals surface area contributed by atoms with Crippen molar-refractivity contribution < 1.29 is 9.53 Å². The van der Waals surface area contributed by atoms with Crippen molar-refractivity contribution in [2.75, 3.05) is 33.8 Å². The van der Waals surface area contributed by atoms with Crippen LogP contribution in [-0.4, -0.2) is 50.1 Å². The van der Waals surface area contributed by atoms with E-state index < -0.39 is 0 Å². The first-order valence-electron chi connectivity index (χ1n) is 9.56. The van der Waals surface area contributed by atoms with E-state index in [0.29, 0.717) is 6.54 Å². The van der Waals surface area contributed by atoms with Crippen LogP contribution in [0.25, 0.3) is 10.8 Å². The molecule has 0 aliphatic rings. The van der Waals surface area contributed by atoms with Gasteiger partial charge in [0.05, 0.1) is 0 Å². The van der Waals surface area contributed by atoms with Gasteiger partial charge in [-0.3, -0.25) is 4.79 Å². The van der Waals surface area contributed by atoms with E-state index in [1.54, 1.807) is 0 Å². The summed E-state index contributed by atoms with van der Waals surface area (Å²) < 4.78 is 5.89. The van der Waals surface area contributed by atoms with Gasteiger partial charge in [-0.05, 0) is 71.2 Å². The largest absolute Gasteiger partial charge is 0.483 e. The van der Waals surface area contributed by atoms with Gasteiger partial charge in [0.25, 0.3) is 5.91 Å². The molecule has 0 fully saturated rings. The molecule has 0 bridgehead atoms. The Morgan fingerprint density at radius 2 is 1.76 bits per heavy atom. The fourth-order valence-electron chi connectivity index (χ4n) is 2.96. The van der Waals surface area contributed by atoms with E-state index in [4.69, 9.17) is 4.74 Å². The molecule has 0 spiro atoms. The van der Waals surface area contributed by atoms with Crippen molar-refractivity contribution in [1.82, 2.24) is 15.5 Å². The van der Waals surface area contributed by atoms with Crippen LogP contribution in [0.4, 0.5) is 0 Å². The second kappa shape index (κ2) is 12.9. The Bertz CT molecular complexity index is 761. The molecule has 2 aromatic rings. The Morgan fingerprint density at radius 3 is 2.41 bits per heavy atom. The van der Waals surface area contributed by atoms with Gasteiger partial charge < -0.3 is 20.3 Å². The zero-order valence-electron chi connectivity index (χ0n) is 18.1. The highest BCUT2D eigenvalue weighted by Gasteiger charge is 2.15. The van der Waals surface area contributed by atoms with Crippen molar-refractivity contribution in [1.29, 1.82) is 0 Å². The maximum absolute atomic E-state index is 12.1. The van der Waals surface area contributed by atoms with Crippen molar-refractivity contribution in [3.05, 3.63) is 42.0 Å². The standard InChI is InChI=1S/C22H33N3O2.2ClH/c1-22(2,3)24-21(26)16-27-20-12-11-17-9-6-7-10-18(17)19(20)15-23-13-8-14-25(4)5;;/h6-7,9-12,23H,8,13-16H2,1-5H3,(H,24,26);2*1H. The minimum Gasteiger partial charge on any atom is -0.483 e. The molecule has 0 heterocycles. The molecule has 0 aliphatic heterocycles. The van der Waals surface area contributed by atoms with E-state index in [0.717, 1.165) is 36.2 Å². The van der Waals surface area contributed by atoms with Crippen molar-refractivity contribution in [3.8, 4) is 5.75 Å². The van der Waals surface area contributed by atoms with E-state index in [1.807, 2.05) is 45.0 Å².